The van der Waals surface area contributed by atoms with E-state index in [1.54, 1.807) is 18.2 Å². The molecule has 0 saturated heterocycles. The SMILES string of the molecule is Nc1c(F)cc(NC(=O)c2cc(NC(=O)[C@H]3C(c4cc(Cl)cc(Cl)c4)C3(Cl)Cl)ccc2Cl)cc1F. The summed E-state index contributed by atoms with van der Waals surface area (Å²) in [6.07, 6.45) is 0. The standard InChI is InChI=1S/C23H14Cl5F2N3O2/c24-10-3-9(4-11(25)5-10)18-19(23(18,27)28)22(35)32-12-1-2-15(26)14(6-12)21(34)33-13-7-16(29)20(31)17(30)8-13/h1-8,18-19H,31H2,(H,32,35)(H,33,34)/t18?,19-/m1/s1. The lowest BCUT2D eigenvalue weighted by molar-refractivity contribution is -0.117. The van der Waals surface area contributed by atoms with Crippen molar-refractivity contribution in [1.29, 1.82) is 0 Å². The van der Waals surface area contributed by atoms with Gasteiger partial charge in [-0.3, -0.25) is 9.59 Å². The number of nitrogens with two attached hydrogens (primary N) is 1. The maximum atomic E-state index is 13.7. The molecule has 12 heteroatoms. The summed E-state index contributed by atoms with van der Waals surface area (Å²) in [5.74, 6) is -4.72. The number of nitrogens with one attached hydrogen (secondary N) is 2. The van der Waals surface area contributed by atoms with Gasteiger partial charge in [0, 0.05) is 27.3 Å². The van der Waals surface area contributed by atoms with Crippen LogP contribution in [-0.4, -0.2) is 16.1 Å². The van der Waals surface area contributed by atoms with Gasteiger partial charge >= 0.3 is 0 Å². The number of rotatable bonds is 5. The summed E-state index contributed by atoms with van der Waals surface area (Å²) in [6.45, 7) is 0. The van der Waals surface area contributed by atoms with E-state index in [0.717, 1.165) is 12.1 Å². The lowest BCUT2D eigenvalue weighted by Gasteiger charge is -2.11. The van der Waals surface area contributed by atoms with Gasteiger partial charge in [0.25, 0.3) is 5.91 Å². The van der Waals surface area contributed by atoms with E-state index in [0.29, 0.717) is 15.6 Å². The minimum absolute atomic E-state index is 0.0405. The highest BCUT2D eigenvalue weighted by molar-refractivity contribution is 6.53. The zero-order chi connectivity index (χ0) is 25.7. The van der Waals surface area contributed by atoms with Crippen LogP contribution in [0.2, 0.25) is 15.1 Å². The number of nitrogen functional groups attached to an aromatic ring is 1. The van der Waals surface area contributed by atoms with Crippen LogP contribution in [0.25, 0.3) is 0 Å². The van der Waals surface area contributed by atoms with Gasteiger partial charge in [-0.2, -0.15) is 0 Å². The van der Waals surface area contributed by atoms with E-state index in [2.05, 4.69) is 10.6 Å². The molecule has 5 nitrogen and oxygen atoms in total. The Morgan fingerprint density at radius 3 is 2.06 bits per heavy atom. The molecule has 2 amide bonds. The maximum Gasteiger partial charge on any atom is 0.257 e. The second kappa shape index (κ2) is 9.64. The van der Waals surface area contributed by atoms with E-state index in [-0.39, 0.29) is 22.0 Å². The molecular formula is C23H14Cl5F2N3O2. The monoisotopic (exact) mass is 577 g/mol. The van der Waals surface area contributed by atoms with Gasteiger partial charge in [-0.15, -0.1) is 23.2 Å². The Morgan fingerprint density at radius 2 is 1.46 bits per heavy atom. The first kappa shape index (κ1) is 25.8. The third kappa shape index (κ3) is 5.29. The zero-order valence-electron chi connectivity index (χ0n) is 17.3. The van der Waals surface area contributed by atoms with Crippen LogP contribution in [-0.2, 0) is 4.79 Å². The van der Waals surface area contributed by atoms with Crippen molar-refractivity contribution in [2.24, 2.45) is 5.92 Å². The lowest BCUT2D eigenvalue weighted by atomic mass is 10.1. The Hall–Kier alpha value is -2.29. The van der Waals surface area contributed by atoms with Crippen LogP contribution in [0.3, 0.4) is 0 Å². The first-order chi connectivity index (χ1) is 16.4. The number of anilines is 3. The van der Waals surface area contributed by atoms with Gasteiger partial charge in [0.15, 0.2) is 11.6 Å². The van der Waals surface area contributed by atoms with Crippen LogP contribution in [0.15, 0.2) is 48.5 Å². The van der Waals surface area contributed by atoms with Crippen LogP contribution in [0.5, 0.6) is 0 Å². The van der Waals surface area contributed by atoms with Gasteiger partial charge in [-0.25, -0.2) is 8.78 Å². The first-order valence-corrected chi connectivity index (χ1v) is 11.8. The van der Waals surface area contributed by atoms with Gasteiger partial charge in [0.05, 0.1) is 16.5 Å². The van der Waals surface area contributed by atoms with Crippen molar-refractivity contribution in [1.82, 2.24) is 0 Å². The van der Waals surface area contributed by atoms with E-state index in [1.165, 1.54) is 18.2 Å². The van der Waals surface area contributed by atoms with Crippen molar-refractivity contribution in [3.63, 3.8) is 0 Å². The highest BCUT2D eigenvalue weighted by atomic mass is 35.5. The molecule has 2 atom stereocenters. The fourth-order valence-electron chi connectivity index (χ4n) is 3.67. The highest BCUT2D eigenvalue weighted by Gasteiger charge is 2.67. The summed E-state index contributed by atoms with van der Waals surface area (Å²) in [6, 6.07) is 10.7. The number of halogens is 7. The molecule has 1 fully saturated rings. The molecule has 1 aliphatic rings. The lowest BCUT2D eigenvalue weighted by Crippen LogP contribution is -2.18. The Balaban J connectivity index is 1.52. The molecule has 4 rings (SSSR count). The number of hydrogen-bond donors (Lipinski definition) is 3. The first-order valence-electron chi connectivity index (χ1n) is 9.88. The van der Waals surface area contributed by atoms with E-state index in [1.807, 2.05) is 0 Å². The predicted octanol–water partition coefficient (Wildman–Crippen LogP) is 7.29. The number of amides is 2. The van der Waals surface area contributed by atoms with Crippen molar-refractivity contribution >= 4 is 86.9 Å². The number of benzene rings is 3. The van der Waals surface area contributed by atoms with E-state index < -0.39 is 45.3 Å². The fourth-order valence-corrected chi connectivity index (χ4v) is 5.25. The molecule has 3 aromatic carbocycles. The van der Waals surface area contributed by atoms with Crippen molar-refractivity contribution in [2.75, 3.05) is 16.4 Å². The largest absolute Gasteiger partial charge is 0.394 e. The summed E-state index contributed by atoms with van der Waals surface area (Å²) < 4.78 is 26.0. The summed E-state index contributed by atoms with van der Waals surface area (Å²) in [5.41, 5.74) is 5.17. The summed E-state index contributed by atoms with van der Waals surface area (Å²) >= 11 is 31.0. The summed E-state index contributed by atoms with van der Waals surface area (Å²) in [5, 5.41) is 5.77. The molecule has 4 N–H and O–H groups in total. The molecule has 1 unspecified atom stereocenters. The topological polar surface area (TPSA) is 84.2 Å². The molecule has 1 saturated carbocycles. The van der Waals surface area contributed by atoms with Crippen LogP contribution < -0.4 is 16.4 Å². The minimum Gasteiger partial charge on any atom is -0.394 e. The van der Waals surface area contributed by atoms with Crippen molar-refractivity contribution in [3.05, 3.63) is 86.4 Å². The predicted molar refractivity (Wildman–Crippen MR) is 136 cm³/mol. The van der Waals surface area contributed by atoms with Crippen LogP contribution >= 0.6 is 58.0 Å². The summed E-state index contributed by atoms with van der Waals surface area (Å²) in [7, 11) is 0. The Bertz CT molecular complexity index is 1330. The number of carbonyl (C=O) groups excluding carboxylic acids is 2. The molecule has 3 aromatic rings. The second-order valence-corrected chi connectivity index (χ2v) is 10.5. The molecular weight excluding hydrogens is 566 g/mol. The zero-order valence-corrected chi connectivity index (χ0v) is 21.1. The Labute approximate surface area is 223 Å². The highest BCUT2D eigenvalue weighted by Crippen LogP contribution is 2.65. The molecule has 0 heterocycles. The van der Waals surface area contributed by atoms with Gasteiger partial charge < -0.3 is 16.4 Å². The minimum atomic E-state index is -1.39. The van der Waals surface area contributed by atoms with E-state index >= 15 is 0 Å². The van der Waals surface area contributed by atoms with Gasteiger partial charge in [0.1, 0.15) is 10.0 Å². The van der Waals surface area contributed by atoms with E-state index in [9.17, 15) is 18.4 Å². The van der Waals surface area contributed by atoms with Crippen LogP contribution in [0, 0.1) is 17.6 Å². The van der Waals surface area contributed by atoms with Crippen LogP contribution in [0.1, 0.15) is 21.8 Å². The Morgan fingerprint density at radius 1 is 0.857 bits per heavy atom. The van der Waals surface area contributed by atoms with Crippen molar-refractivity contribution in [3.8, 4) is 0 Å². The molecule has 0 radical (unpaired) electrons. The number of hydrogen-bond acceptors (Lipinski definition) is 3. The van der Waals surface area contributed by atoms with Crippen molar-refractivity contribution < 1.29 is 18.4 Å². The smallest absolute Gasteiger partial charge is 0.257 e. The summed E-state index contributed by atoms with van der Waals surface area (Å²) in [4.78, 5) is 25.6. The molecule has 1 aliphatic carbocycles. The van der Waals surface area contributed by atoms with Crippen molar-refractivity contribution in [2.45, 2.75) is 10.3 Å². The average Bonchev–Trinajstić information content (AvgIpc) is 3.34. The normalized spacial score (nSPS) is 18.1. The average molecular weight is 580 g/mol. The molecule has 0 aromatic heterocycles. The van der Waals surface area contributed by atoms with Gasteiger partial charge in [-0.1, -0.05) is 34.8 Å². The number of carbonyl (C=O) groups is 2. The Kier molecular flexibility index (Phi) is 7.10. The number of alkyl halides is 2. The molecule has 0 spiro atoms. The van der Waals surface area contributed by atoms with Gasteiger partial charge in [0.2, 0.25) is 5.91 Å². The van der Waals surface area contributed by atoms with Gasteiger partial charge in [-0.05, 0) is 54.1 Å². The molecule has 0 bridgehead atoms. The maximum absolute atomic E-state index is 13.7. The third-order valence-electron chi connectivity index (χ3n) is 5.40. The molecule has 35 heavy (non-hydrogen) atoms. The van der Waals surface area contributed by atoms with E-state index in [4.69, 9.17) is 63.7 Å². The quantitative estimate of drug-likeness (QED) is 0.219. The molecule has 182 valence electrons. The van der Waals surface area contributed by atoms with Crippen LogP contribution in [0.4, 0.5) is 25.8 Å². The second-order valence-electron chi connectivity index (χ2n) is 7.82. The third-order valence-corrected chi connectivity index (χ3v) is 7.10. The molecule has 0 aliphatic heterocycles. The fraction of sp³-hybridized carbons (Fsp3) is 0.130.